The molecule has 0 bridgehead atoms. The minimum atomic E-state index is -1.10. The lowest BCUT2D eigenvalue weighted by atomic mass is 9.97. The summed E-state index contributed by atoms with van der Waals surface area (Å²) in [5.74, 6) is -2.89. The number of carbonyl (C=O) groups excluding carboxylic acids is 2. The van der Waals surface area contributed by atoms with Crippen molar-refractivity contribution in [3.63, 3.8) is 0 Å². The first-order chi connectivity index (χ1) is 12.4. The zero-order valence-corrected chi connectivity index (χ0v) is 14.9. The summed E-state index contributed by atoms with van der Waals surface area (Å²) < 4.78 is 13.0. The lowest BCUT2D eigenvalue weighted by Crippen LogP contribution is -2.52. The quantitative estimate of drug-likeness (QED) is 0.777. The van der Waals surface area contributed by atoms with Gasteiger partial charge in [-0.15, -0.1) is 0 Å². The molecule has 1 fully saturated rings. The van der Waals surface area contributed by atoms with Crippen LogP contribution in [0.5, 0.6) is 0 Å². The van der Waals surface area contributed by atoms with Crippen molar-refractivity contribution in [1.82, 2.24) is 10.2 Å². The highest BCUT2D eigenvalue weighted by molar-refractivity contribution is 5.88. The SMILES string of the molecule is CCCC(=O)N1CCCCC1C(=O)NCC(C(=O)O)c1ccc(F)cc1. The number of carboxylic acid groups (broad SMARTS) is 1. The van der Waals surface area contributed by atoms with E-state index in [4.69, 9.17) is 0 Å². The third-order valence-electron chi connectivity index (χ3n) is 4.64. The molecular weight excluding hydrogens is 339 g/mol. The van der Waals surface area contributed by atoms with Gasteiger partial charge in [0.2, 0.25) is 11.8 Å². The molecule has 26 heavy (non-hydrogen) atoms. The molecule has 2 unspecified atom stereocenters. The Kier molecular flexibility index (Phi) is 7.12. The number of amides is 2. The fourth-order valence-electron chi connectivity index (χ4n) is 3.22. The first-order valence-corrected chi connectivity index (χ1v) is 8.99. The van der Waals surface area contributed by atoms with E-state index >= 15 is 0 Å². The summed E-state index contributed by atoms with van der Waals surface area (Å²) in [6.07, 6.45) is 3.42. The van der Waals surface area contributed by atoms with E-state index in [1.165, 1.54) is 24.3 Å². The van der Waals surface area contributed by atoms with Gasteiger partial charge in [0.1, 0.15) is 11.9 Å². The molecule has 1 aromatic rings. The Morgan fingerprint density at radius 1 is 1.27 bits per heavy atom. The Hall–Kier alpha value is -2.44. The molecule has 1 heterocycles. The number of hydrogen-bond donors (Lipinski definition) is 2. The summed E-state index contributed by atoms with van der Waals surface area (Å²) >= 11 is 0. The van der Waals surface area contributed by atoms with Crippen molar-refractivity contribution < 1.29 is 23.9 Å². The highest BCUT2D eigenvalue weighted by Gasteiger charge is 2.32. The Bertz CT molecular complexity index is 647. The van der Waals surface area contributed by atoms with E-state index in [0.717, 1.165) is 19.3 Å². The number of benzene rings is 1. The van der Waals surface area contributed by atoms with Crippen molar-refractivity contribution in [2.75, 3.05) is 13.1 Å². The van der Waals surface area contributed by atoms with Crippen LogP contribution in [0.25, 0.3) is 0 Å². The predicted octanol–water partition coefficient (Wildman–Crippen LogP) is 2.29. The Morgan fingerprint density at radius 3 is 2.58 bits per heavy atom. The average molecular weight is 364 g/mol. The summed E-state index contributed by atoms with van der Waals surface area (Å²) in [5.41, 5.74) is 0.418. The lowest BCUT2D eigenvalue weighted by molar-refractivity contribution is -0.143. The monoisotopic (exact) mass is 364 g/mol. The molecule has 1 aliphatic rings. The number of carboxylic acids is 1. The van der Waals surface area contributed by atoms with E-state index in [2.05, 4.69) is 5.32 Å². The molecule has 0 aromatic heterocycles. The second-order valence-electron chi connectivity index (χ2n) is 6.54. The first-order valence-electron chi connectivity index (χ1n) is 8.99. The largest absolute Gasteiger partial charge is 0.481 e. The smallest absolute Gasteiger partial charge is 0.312 e. The average Bonchev–Trinajstić information content (AvgIpc) is 2.63. The molecule has 7 heteroatoms. The van der Waals surface area contributed by atoms with Gasteiger partial charge in [0.25, 0.3) is 0 Å². The van der Waals surface area contributed by atoms with Gasteiger partial charge in [-0.1, -0.05) is 19.1 Å². The van der Waals surface area contributed by atoms with Gasteiger partial charge in [-0.25, -0.2) is 4.39 Å². The molecule has 1 aromatic carbocycles. The number of hydrogen-bond acceptors (Lipinski definition) is 3. The first kappa shape index (κ1) is 19.9. The number of nitrogens with one attached hydrogen (secondary N) is 1. The topological polar surface area (TPSA) is 86.7 Å². The van der Waals surface area contributed by atoms with Gasteiger partial charge in [-0.2, -0.15) is 0 Å². The molecule has 2 amide bonds. The molecule has 6 nitrogen and oxygen atoms in total. The van der Waals surface area contributed by atoms with Crippen molar-refractivity contribution in [2.24, 2.45) is 0 Å². The molecule has 0 saturated carbocycles. The van der Waals surface area contributed by atoms with Crippen LogP contribution in [0.1, 0.15) is 50.5 Å². The Balaban J connectivity index is 2.03. The molecule has 2 N–H and O–H groups in total. The zero-order chi connectivity index (χ0) is 19.1. The van der Waals surface area contributed by atoms with Crippen LogP contribution < -0.4 is 5.32 Å². The molecule has 1 saturated heterocycles. The van der Waals surface area contributed by atoms with E-state index in [9.17, 15) is 23.9 Å². The lowest BCUT2D eigenvalue weighted by Gasteiger charge is -2.35. The number of piperidine rings is 1. The zero-order valence-electron chi connectivity index (χ0n) is 14.9. The van der Waals surface area contributed by atoms with Gasteiger partial charge in [-0.05, 0) is 43.4 Å². The van der Waals surface area contributed by atoms with E-state index < -0.39 is 23.7 Å². The maximum absolute atomic E-state index is 13.0. The highest BCUT2D eigenvalue weighted by atomic mass is 19.1. The van der Waals surface area contributed by atoms with Crippen LogP contribution in [0, 0.1) is 5.82 Å². The molecule has 142 valence electrons. The highest BCUT2D eigenvalue weighted by Crippen LogP contribution is 2.20. The van der Waals surface area contributed by atoms with Crippen LogP contribution in [-0.2, 0) is 14.4 Å². The molecule has 0 aliphatic carbocycles. The standard InChI is InChI=1S/C19H25FN2O4/c1-2-5-17(23)22-11-4-3-6-16(22)18(24)21-12-15(19(25)26)13-7-9-14(20)10-8-13/h7-10,15-16H,2-6,11-12H2,1H3,(H,21,24)(H,25,26). The predicted molar refractivity (Wildman–Crippen MR) is 94.0 cm³/mol. The number of halogens is 1. The molecule has 2 rings (SSSR count). The summed E-state index contributed by atoms with van der Waals surface area (Å²) in [4.78, 5) is 37.9. The minimum Gasteiger partial charge on any atom is -0.481 e. The second-order valence-corrected chi connectivity index (χ2v) is 6.54. The minimum absolute atomic E-state index is 0.0410. The Morgan fingerprint density at radius 2 is 1.96 bits per heavy atom. The van der Waals surface area contributed by atoms with E-state index in [1.54, 1.807) is 4.90 Å². The number of aliphatic carboxylic acids is 1. The van der Waals surface area contributed by atoms with Gasteiger partial charge in [0.15, 0.2) is 0 Å². The molecule has 0 spiro atoms. The van der Waals surface area contributed by atoms with E-state index in [-0.39, 0.29) is 18.4 Å². The molecule has 0 radical (unpaired) electrons. The molecule has 1 aliphatic heterocycles. The van der Waals surface area contributed by atoms with E-state index in [1.807, 2.05) is 6.92 Å². The van der Waals surface area contributed by atoms with Crippen molar-refractivity contribution in [2.45, 2.75) is 51.0 Å². The third-order valence-corrected chi connectivity index (χ3v) is 4.64. The van der Waals surface area contributed by atoms with Crippen LogP contribution in [0.4, 0.5) is 4.39 Å². The van der Waals surface area contributed by atoms with Crippen LogP contribution in [0.15, 0.2) is 24.3 Å². The number of carbonyl (C=O) groups is 3. The van der Waals surface area contributed by atoms with E-state index in [0.29, 0.717) is 24.9 Å². The summed E-state index contributed by atoms with van der Waals surface area (Å²) in [5, 5.41) is 12.1. The number of nitrogens with zero attached hydrogens (tertiary/aromatic N) is 1. The van der Waals surface area contributed by atoms with Gasteiger partial charge in [-0.3, -0.25) is 14.4 Å². The summed E-state index contributed by atoms with van der Waals surface area (Å²) in [7, 11) is 0. The van der Waals surface area contributed by atoms with Crippen molar-refractivity contribution in [1.29, 1.82) is 0 Å². The molecular formula is C19H25FN2O4. The van der Waals surface area contributed by atoms with Gasteiger partial charge < -0.3 is 15.3 Å². The van der Waals surface area contributed by atoms with Crippen molar-refractivity contribution in [3.8, 4) is 0 Å². The van der Waals surface area contributed by atoms with Gasteiger partial charge in [0, 0.05) is 19.5 Å². The fourth-order valence-corrected chi connectivity index (χ4v) is 3.22. The maximum Gasteiger partial charge on any atom is 0.312 e. The van der Waals surface area contributed by atoms with Crippen LogP contribution in [-0.4, -0.2) is 46.9 Å². The Labute approximate surface area is 152 Å². The number of rotatable bonds is 7. The summed E-state index contributed by atoms with van der Waals surface area (Å²) in [6.45, 7) is 2.36. The van der Waals surface area contributed by atoms with Gasteiger partial charge >= 0.3 is 5.97 Å². The normalized spacial score (nSPS) is 18.2. The van der Waals surface area contributed by atoms with Crippen LogP contribution in [0.2, 0.25) is 0 Å². The van der Waals surface area contributed by atoms with Crippen molar-refractivity contribution in [3.05, 3.63) is 35.6 Å². The fraction of sp³-hybridized carbons (Fsp3) is 0.526. The van der Waals surface area contributed by atoms with Crippen molar-refractivity contribution >= 4 is 17.8 Å². The van der Waals surface area contributed by atoms with Crippen LogP contribution >= 0.6 is 0 Å². The number of likely N-dealkylation sites (tertiary alicyclic amines) is 1. The third kappa shape index (κ3) is 5.03. The summed E-state index contributed by atoms with van der Waals surface area (Å²) in [6, 6.07) is 4.64. The van der Waals surface area contributed by atoms with Crippen LogP contribution in [0.3, 0.4) is 0 Å². The maximum atomic E-state index is 13.0. The molecule has 2 atom stereocenters. The van der Waals surface area contributed by atoms with Gasteiger partial charge in [0.05, 0.1) is 5.92 Å². The second kappa shape index (κ2) is 9.31.